The first-order valence-corrected chi connectivity index (χ1v) is 15.2. The van der Waals surface area contributed by atoms with Crippen molar-refractivity contribution in [1.82, 2.24) is 0 Å². The summed E-state index contributed by atoms with van der Waals surface area (Å²) in [4.78, 5) is 0. The summed E-state index contributed by atoms with van der Waals surface area (Å²) in [6, 6.07) is 34.6. The Kier molecular flexibility index (Phi) is 12.5. The maximum atomic E-state index is 3.71. The van der Waals surface area contributed by atoms with E-state index in [1.54, 1.807) is 0 Å². The first kappa shape index (κ1) is 32.5. The van der Waals surface area contributed by atoms with Crippen LogP contribution in [0.5, 0.6) is 0 Å². The van der Waals surface area contributed by atoms with E-state index in [1.165, 1.54) is 55.6 Å². The Morgan fingerprint density at radius 3 is 2.21 bits per heavy atom. The van der Waals surface area contributed by atoms with Crippen LogP contribution >= 0.6 is 0 Å². The molecule has 0 N–H and O–H groups in total. The second-order valence-electron chi connectivity index (χ2n) is 9.76. The third kappa shape index (κ3) is 6.05. The van der Waals surface area contributed by atoms with E-state index in [9.17, 15) is 0 Å². The molecule has 4 aromatic rings. The Labute approximate surface area is 263 Å². The number of rotatable bonds is 4. The Bertz CT molecular complexity index is 1380. The predicted octanol–water partition coefficient (Wildman–Crippen LogP) is 2.82. The van der Waals surface area contributed by atoms with Crippen molar-refractivity contribution in [1.29, 1.82) is 0 Å². The number of benzene rings is 4. The first-order chi connectivity index (χ1) is 17.2. The summed E-state index contributed by atoms with van der Waals surface area (Å²) >= 11 is 0. The molecule has 0 fully saturated rings. The molecule has 2 unspecified atom stereocenters. The SMILES string of the molecule is CCC(C)C1=Cc2c(-c3ccccc3)cccc2C1c1[c-]ccc2c1Cc1ccccc1-2.C[SiH]C.[Cl-].[Cl-].[Zr+3]. The summed E-state index contributed by atoms with van der Waals surface area (Å²) in [6.07, 6.45) is 4.65. The summed E-state index contributed by atoms with van der Waals surface area (Å²) in [5, 5.41) is 0. The molecule has 4 aromatic carbocycles. The van der Waals surface area contributed by atoms with E-state index in [2.05, 4.69) is 124 Å². The molecule has 0 saturated carbocycles. The van der Waals surface area contributed by atoms with Gasteiger partial charge in [0.2, 0.25) is 0 Å². The van der Waals surface area contributed by atoms with Gasteiger partial charge in [-0.3, -0.25) is 0 Å². The van der Waals surface area contributed by atoms with E-state index in [0.717, 1.165) is 22.4 Å². The van der Waals surface area contributed by atoms with Gasteiger partial charge in [-0.15, -0.1) is 16.7 Å². The van der Waals surface area contributed by atoms with Crippen LogP contribution in [0.2, 0.25) is 13.1 Å². The zero-order valence-electron chi connectivity index (χ0n) is 22.6. The molecule has 0 aromatic heterocycles. The number of allylic oxidation sites excluding steroid dienone is 1. The Morgan fingerprint density at radius 1 is 0.842 bits per heavy atom. The van der Waals surface area contributed by atoms with Crippen LogP contribution in [-0.4, -0.2) is 9.52 Å². The van der Waals surface area contributed by atoms with E-state index in [4.69, 9.17) is 0 Å². The molecule has 6 rings (SSSR count). The predicted molar refractivity (Wildman–Crippen MR) is 154 cm³/mol. The topological polar surface area (TPSA) is 0 Å². The van der Waals surface area contributed by atoms with Crippen molar-refractivity contribution in [3.05, 3.63) is 124 Å². The molecular weight excluding hydrogens is 599 g/mol. The molecule has 38 heavy (non-hydrogen) atoms. The van der Waals surface area contributed by atoms with Gasteiger partial charge in [-0.1, -0.05) is 111 Å². The molecule has 0 saturated heterocycles. The van der Waals surface area contributed by atoms with Crippen molar-refractivity contribution in [2.75, 3.05) is 0 Å². The molecule has 0 heterocycles. The fourth-order valence-corrected chi connectivity index (χ4v) is 5.66. The molecule has 0 nitrogen and oxygen atoms in total. The summed E-state index contributed by atoms with van der Waals surface area (Å²) in [6.45, 7) is 9.10. The van der Waals surface area contributed by atoms with Gasteiger partial charge in [0.05, 0.1) is 0 Å². The minimum atomic E-state index is 0. The zero-order valence-corrected chi connectivity index (χ0v) is 27.7. The number of halogens is 2. The summed E-state index contributed by atoms with van der Waals surface area (Å²) < 4.78 is 0. The molecule has 0 aliphatic heterocycles. The van der Waals surface area contributed by atoms with Gasteiger partial charge in [-0.25, -0.2) is 0 Å². The minimum absolute atomic E-state index is 0. The van der Waals surface area contributed by atoms with Crippen molar-refractivity contribution >= 4 is 15.6 Å². The normalized spacial score (nSPS) is 14.6. The van der Waals surface area contributed by atoms with E-state index in [-0.39, 0.29) is 56.9 Å². The quantitative estimate of drug-likeness (QED) is 0.211. The van der Waals surface area contributed by atoms with Crippen LogP contribution in [0.1, 0.15) is 54.0 Å². The molecule has 0 amide bonds. The smallest absolute Gasteiger partial charge is 1.00 e. The minimum Gasteiger partial charge on any atom is -1.00 e. The Morgan fingerprint density at radius 2 is 1.50 bits per heavy atom. The molecule has 4 heteroatoms. The molecule has 2 aliphatic carbocycles. The summed E-state index contributed by atoms with van der Waals surface area (Å²) in [5.74, 6) is 0.817. The standard InChI is InChI=1S/C32H27.C2H7Si.2ClH.Zr/c1-3-21(2)29-20-31-24(22-11-5-4-6-12-22)15-9-17-28(31)32(29)27-18-10-16-26-25-14-8-7-13-23(25)19-30(26)27;1-3-2;;;/h4-17,20-21,32H,3,19H2,1-2H3;3H,1-2H3;2*1H;/q-1;;;;+3/p-2. The molecule has 0 bridgehead atoms. The van der Waals surface area contributed by atoms with Crippen molar-refractivity contribution in [2.45, 2.75) is 45.7 Å². The Hall–Kier alpha value is -1.70. The maximum Gasteiger partial charge on any atom is 3.00 e. The van der Waals surface area contributed by atoms with Crippen LogP contribution in [0.3, 0.4) is 0 Å². The average molecular weight is 633 g/mol. The molecule has 2 radical (unpaired) electrons. The second-order valence-corrected chi connectivity index (χ2v) is 10.9. The van der Waals surface area contributed by atoms with Crippen molar-refractivity contribution in [2.24, 2.45) is 5.92 Å². The van der Waals surface area contributed by atoms with Gasteiger partial charge in [0, 0.05) is 15.4 Å². The van der Waals surface area contributed by atoms with E-state index >= 15 is 0 Å². The van der Waals surface area contributed by atoms with Gasteiger partial charge in [0.15, 0.2) is 0 Å². The maximum absolute atomic E-state index is 3.71. The third-order valence-corrected chi connectivity index (χ3v) is 7.46. The second kappa shape index (κ2) is 14.6. The molecule has 0 spiro atoms. The van der Waals surface area contributed by atoms with Crippen molar-refractivity contribution in [3.8, 4) is 22.3 Å². The summed E-state index contributed by atoms with van der Waals surface area (Å²) in [7, 11) is 0.750. The van der Waals surface area contributed by atoms with Gasteiger partial charge in [0.25, 0.3) is 0 Å². The largest absolute Gasteiger partial charge is 3.00 e. The molecule has 192 valence electrons. The fourth-order valence-electron chi connectivity index (χ4n) is 5.66. The van der Waals surface area contributed by atoms with Crippen molar-refractivity contribution < 1.29 is 51.0 Å². The molecule has 2 aliphatic rings. The molecular formula is C34H34Cl2SiZr. The number of fused-ring (bicyclic) bond motifs is 4. The van der Waals surface area contributed by atoms with Crippen LogP contribution < -0.4 is 24.8 Å². The number of hydrogen-bond donors (Lipinski definition) is 0. The molecule has 2 atom stereocenters. The van der Waals surface area contributed by atoms with Gasteiger partial charge < -0.3 is 24.8 Å². The summed E-state index contributed by atoms with van der Waals surface area (Å²) in [5.41, 5.74) is 14.0. The van der Waals surface area contributed by atoms with E-state index < -0.39 is 0 Å². The van der Waals surface area contributed by atoms with Crippen LogP contribution in [-0.2, 0) is 32.6 Å². The van der Waals surface area contributed by atoms with Gasteiger partial charge in [0.1, 0.15) is 0 Å². The fraction of sp³-hybridized carbons (Fsp3) is 0.235. The van der Waals surface area contributed by atoms with Gasteiger partial charge in [-0.05, 0) is 52.1 Å². The third-order valence-electron chi connectivity index (χ3n) is 7.46. The van der Waals surface area contributed by atoms with Crippen LogP contribution in [0.25, 0.3) is 28.3 Å². The van der Waals surface area contributed by atoms with Crippen LogP contribution in [0.15, 0.2) is 90.5 Å². The van der Waals surface area contributed by atoms with Crippen LogP contribution in [0, 0.1) is 12.0 Å². The Balaban J connectivity index is 0.000000809. The monoisotopic (exact) mass is 630 g/mol. The first-order valence-electron chi connectivity index (χ1n) is 12.9. The van der Waals surface area contributed by atoms with Gasteiger partial charge in [-0.2, -0.15) is 18.2 Å². The van der Waals surface area contributed by atoms with Crippen molar-refractivity contribution in [3.63, 3.8) is 0 Å². The zero-order chi connectivity index (χ0) is 24.4. The van der Waals surface area contributed by atoms with E-state index in [0.29, 0.717) is 5.92 Å². The van der Waals surface area contributed by atoms with Gasteiger partial charge >= 0.3 is 26.2 Å². The number of hydrogen-bond acceptors (Lipinski definition) is 0. The van der Waals surface area contributed by atoms with E-state index in [1.807, 2.05) is 0 Å². The average Bonchev–Trinajstić information content (AvgIpc) is 3.48. The van der Waals surface area contributed by atoms with Crippen LogP contribution in [0.4, 0.5) is 0 Å².